The lowest BCUT2D eigenvalue weighted by Crippen LogP contribution is -2.13. The van der Waals surface area contributed by atoms with Gasteiger partial charge >= 0.3 is 0 Å². The molecule has 3 N–H and O–H groups in total. The first-order valence-corrected chi connectivity index (χ1v) is 7.23. The summed E-state index contributed by atoms with van der Waals surface area (Å²) in [5.41, 5.74) is 8.87. The number of carbonyl (C=O) groups is 1. The molecule has 0 radical (unpaired) electrons. The number of anilines is 2. The third-order valence-corrected chi connectivity index (χ3v) is 3.99. The first kappa shape index (κ1) is 14.6. The van der Waals surface area contributed by atoms with Gasteiger partial charge in [-0.1, -0.05) is 32.0 Å². The van der Waals surface area contributed by atoms with Gasteiger partial charge in [0.05, 0.1) is 10.0 Å². The SMILES string of the molecule is CC(C)c1ccc(NC(=O)c2cccc(N)c2Br)cc1. The Labute approximate surface area is 127 Å². The van der Waals surface area contributed by atoms with Gasteiger partial charge in [0.25, 0.3) is 5.91 Å². The topological polar surface area (TPSA) is 55.1 Å². The number of nitrogens with two attached hydrogens (primary N) is 1. The Bertz CT molecular complexity index is 621. The second-order valence-electron chi connectivity index (χ2n) is 4.94. The molecule has 0 aliphatic rings. The van der Waals surface area contributed by atoms with Crippen LogP contribution < -0.4 is 11.1 Å². The van der Waals surface area contributed by atoms with E-state index in [0.29, 0.717) is 21.6 Å². The Kier molecular flexibility index (Phi) is 4.45. The number of hydrogen-bond acceptors (Lipinski definition) is 2. The van der Waals surface area contributed by atoms with E-state index >= 15 is 0 Å². The monoisotopic (exact) mass is 332 g/mol. The minimum absolute atomic E-state index is 0.179. The molecule has 0 aliphatic carbocycles. The number of rotatable bonds is 3. The molecule has 2 rings (SSSR count). The average Bonchev–Trinajstić information content (AvgIpc) is 2.42. The minimum atomic E-state index is -0.179. The molecule has 0 saturated carbocycles. The van der Waals surface area contributed by atoms with Crippen LogP contribution >= 0.6 is 15.9 Å². The van der Waals surface area contributed by atoms with Crippen LogP contribution in [0.15, 0.2) is 46.9 Å². The summed E-state index contributed by atoms with van der Waals surface area (Å²) in [5.74, 6) is 0.296. The lowest BCUT2D eigenvalue weighted by atomic mass is 10.0. The van der Waals surface area contributed by atoms with Crippen molar-refractivity contribution in [2.24, 2.45) is 0 Å². The zero-order valence-electron chi connectivity index (χ0n) is 11.5. The molecule has 2 aromatic carbocycles. The van der Waals surface area contributed by atoms with Crippen LogP contribution in [-0.2, 0) is 0 Å². The Hall–Kier alpha value is -1.81. The van der Waals surface area contributed by atoms with Crippen molar-refractivity contribution in [2.45, 2.75) is 19.8 Å². The van der Waals surface area contributed by atoms with Gasteiger partial charge in [0.15, 0.2) is 0 Å². The minimum Gasteiger partial charge on any atom is -0.398 e. The fraction of sp³-hybridized carbons (Fsp3) is 0.188. The molecule has 0 unspecified atom stereocenters. The first-order chi connectivity index (χ1) is 9.49. The molecule has 0 spiro atoms. The molecule has 3 nitrogen and oxygen atoms in total. The van der Waals surface area contributed by atoms with Crippen LogP contribution in [0, 0.1) is 0 Å². The highest BCUT2D eigenvalue weighted by atomic mass is 79.9. The zero-order chi connectivity index (χ0) is 14.7. The normalized spacial score (nSPS) is 10.6. The zero-order valence-corrected chi connectivity index (χ0v) is 13.1. The fourth-order valence-corrected chi connectivity index (χ4v) is 2.32. The van der Waals surface area contributed by atoms with E-state index in [-0.39, 0.29) is 5.91 Å². The number of halogens is 1. The van der Waals surface area contributed by atoms with Crippen LogP contribution in [-0.4, -0.2) is 5.91 Å². The summed E-state index contributed by atoms with van der Waals surface area (Å²) >= 11 is 3.34. The maximum absolute atomic E-state index is 12.2. The number of hydrogen-bond donors (Lipinski definition) is 2. The van der Waals surface area contributed by atoms with E-state index < -0.39 is 0 Å². The maximum atomic E-state index is 12.2. The van der Waals surface area contributed by atoms with Gasteiger partial charge in [0.2, 0.25) is 0 Å². The van der Waals surface area contributed by atoms with Crippen molar-refractivity contribution in [3.05, 3.63) is 58.1 Å². The van der Waals surface area contributed by atoms with E-state index in [9.17, 15) is 4.79 Å². The third kappa shape index (κ3) is 3.20. The smallest absolute Gasteiger partial charge is 0.256 e. The van der Waals surface area contributed by atoms with Gasteiger partial charge in [-0.3, -0.25) is 4.79 Å². The molecule has 2 aromatic rings. The Morgan fingerprint density at radius 3 is 2.40 bits per heavy atom. The van der Waals surface area contributed by atoms with Crippen molar-refractivity contribution in [2.75, 3.05) is 11.1 Å². The molecule has 0 bridgehead atoms. The lowest BCUT2D eigenvalue weighted by molar-refractivity contribution is 0.102. The van der Waals surface area contributed by atoms with E-state index in [2.05, 4.69) is 35.1 Å². The molecule has 1 amide bonds. The quantitative estimate of drug-likeness (QED) is 0.818. The number of nitrogens with one attached hydrogen (secondary N) is 1. The summed E-state index contributed by atoms with van der Waals surface area (Å²) in [6, 6.07) is 13.1. The highest BCUT2D eigenvalue weighted by molar-refractivity contribution is 9.10. The first-order valence-electron chi connectivity index (χ1n) is 6.44. The predicted molar refractivity (Wildman–Crippen MR) is 87.0 cm³/mol. The van der Waals surface area contributed by atoms with Crippen LogP contribution in [0.1, 0.15) is 35.7 Å². The Morgan fingerprint density at radius 1 is 1.15 bits per heavy atom. The van der Waals surface area contributed by atoms with E-state index in [1.807, 2.05) is 24.3 Å². The van der Waals surface area contributed by atoms with Crippen molar-refractivity contribution in [1.82, 2.24) is 0 Å². The molecule has 0 aliphatic heterocycles. The highest BCUT2D eigenvalue weighted by Gasteiger charge is 2.12. The highest BCUT2D eigenvalue weighted by Crippen LogP contribution is 2.25. The lowest BCUT2D eigenvalue weighted by Gasteiger charge is -2.10. The molecule has 4 heteroatoms. The largest absolute Gasteiger partial charge is 0.398 e. The van der Waals surface area contributed by atoms with Crippen molar-refractivity contribution < 1.29 is 4.79 Å². The van der Waals surface area contributed by atoms with Crippen molar-refractivity contribution in [1.29, 1.82) is 0 Å². The maximum Gasteiger partial charge on any atom is 0.256 e. The van der Waals surface area contributed by atoms with Gasteiger partial charge in [-0.05, 0) is 51.7 Å². The van der Waals surface area contributed by atoms with Crippen molar-refractivity contribution in [3.8, 4) is 0 Å². The van der Waals surface area contributed by atoms with E-state index in [0.717, 1.165) is 5.69 Å². The summed E-state index contributed by atoms with van der Waals surface area (Å²) in [6.45, 7) is 4.27. The van der Waals surface area contributed by atoms with Crippen LogP contribution in [0.25, 0.3) is 0 Å². The van der Waals surface area contributed by atoms with Crippen molar-refractivity contribution in [3.63, 3.8) is 0 Å². The number of benzene rings is 2. The molecule has 0 aromatic heterocycles. The van der Waals surface area contributed by atoms with Gasteiger partial charge in [0, 0.05) is 11.4 Å². The summed E-state index contributed by atoms with van der Waals surface area (Å²) in [4.78, 5) is 12.2. The van der Waals surface area contributed by atoms with Gasteiger partial charge in [-0.15, -0.1) is 0 Å². The molecular formula is C16H17BrN2O. The molecule has 0 atom stereocenters. The Morgan fingerprint density at radius 2 is 1.80 bits per heavy atom. The molecule has 104 valence electrons. The number of amides is 1. The standard InChI is InChI=1S/C16H17BrN2O/c1-10(2)11-6-8-12(9-7-11)19-16(20)13-4-3-5-14(18)15(13)17/h3-10H,18H2,1-2H3,(H,19,20). The molecular weight excluding hydrogens is 316 g/mol. The predicted octanol–water partition coefficient (Wildman–Crippen LogP) is 4.41. The summed E-state index contributed by atoms with van der Waals surface area (Å²) in [7, 11) is 0. The summed E-state index contributed by atoms with van der Waals surface area (Å²) < 4.78 is 0.622. The fourth-order valence-electron chi connectivity index (χ4n) is 1.87. The second-order valence-corrected chi connectivity index (χ2v) is 5.73. The van der Waals surface area contributed by atoms with Crippen molar-refractivity contribution >= 4 is 33.2 Å². The average molecular weight is 333 g/mol. The van der Waals surface area contributed by atoms with Gasteiger partial charge in [-0.25, -0.2) is 0 Å². The third-order valence-electron chi connectivity index (χ3n) is 3.11. The Balaban J connectivity index is 2.17. The van der Waals surface area contributed by atoms with E-state index in [4.69, 9.17) is 5.73 Å². The second kappa shape index (κ2) is 6.09. The summed E-state index contributed by atoms with van der Waals surface area (Å²) in [5, 5.41) is 2.87. The number of nitrogen functional groups attached to an aromatic ring is 1. The van der Waals surface area contributed by atoms with Gasteiger partial charge in [0.1, 0.15) is 0 Å². The van der Waals surface area contributed by atoms with Crippen LogP contribution in [0.4, 0.5) is 11.4 Å². The number of carbonyl (C=O) groups excluding carboxylic acids is 1. The van der Waals surface area contributed by atoms with Gasteiger partial charge in [-0.2, -0.15) is 0 Å². The van der Waals surface area contributed by atoms with E-state index in [1.165, 1.54) is 5.56 Å². The molecule has 20 heavy (non-hydrogen) atoms. The molecule has 0 saturated heterocycles. The van der Waals surface area contributed by atoms with Crippen LogP contribution in [0.3, 0.4) is 0 Å². The summed E-state index contributed by atoms with van der Waals surface area (Å²) in [6.07, 6.45) is 0. The van der Waals surface area contributed by atoms with Crippen LogP contribution in [0.2, 0.25) is 0 Å². The molecule has 0 fully saturated rings. The van der Waals surface area contributed by atoms with Gasteiger partial charge < -0.3 is 11.1 Å². The van der Waals surface area contributed by atoms with E-state index in [1.54, 1.807) is 18.2 Å². The van der Waals surface area contributed by atoms with Crippen LogP contribution in [0.5, 0.6) is 0 Å². The molecule has 0 heterocycles.